The second-order valence-corrected chi connectivity index (χ2v) is 12.2. The third-order valence-electron chi connectivity index (χ3n) is 7.85. The predicted octanol–water partition coefficient (Wildman–Crippen LogP) is 6.94. The molecule has 2 amide bonds. The van der Waals surface area contributed by atoms with Crippen molar-refractivity contribution >= 4 is 23.2 Å². The Bertz CT molecular complexity index is 1300. The molecule has 0 aliphatic carbocycles. The van der Waals surface area contributed by atoms with Gasteiger partial charge in [-0.05, 0) is 31.4 Å². The quantitative estimate of drug-likeness (QED) is 0.205. The molecule has 222 valence electrons. The van der Waals surface area contributed by atoms with Crippen molar-refractivity contribution in [1.82, 2.24) is 24.6 Å². The summed E-state index contributed by atoms with van der Waals surface area (Å²) in [4.78, 5) is 35.4. The van der Waals surface area contributed by atoms with Gasteiger partial charge in [0.25, 0.3) is 5.91 Å². The highest BCUT2D eigenvalue weighted by atomic mass is 32.1. The first-order valence-electron chi connectivity index (χ1n) is 15.1. The summed E-state index contributed by atoms with van der Waals surface area (Å²) in [6, 6.07) is 7.81. The minimum Gasteiger partial charge on any atom is -0.497 e. The zero-order valence-corrected chi connectivity index (χ0v) is 26.1. The van der Waals surface area contributed by atoms with Crippen LogP contribution in [0, 0.1) is 0 Å². The lowest BCUT2D eigenvalue weighted by atomic mass is 10.0. The van der Waals surface area contributed by atoms with Crippen molar-refractivity contribution in [3.63, 3.8) is 0 Å². The van der Waals surface area contributed by atoms with E-state index in [1.54, 1.807) is 18.0 Å². The molecular formula is C32H45N5O3S. The number of nitrogens with zero attached hydrogens (tertiary/aromatic N) is 5. The number of methoxy groups -OCH3 is 1. The van der Waals surface area contributed by atoms with Crippen LogP contribution in [0.15, 0.2) is 35.8 Å². The van der Waals surface area contributed by atoms with Crippen LogP contribution in [0.3, 0.4) is 0 Å². The van der Waals surface area contributed by atoms with Crippen molar-refractivity contribution in [3.8, 4) is 22.1 Å². The van der Waals surface area contributed by atoms with E-state index in [0.717, 1.165) is 40.7 Å². The summed E-state index contributed by atoms with van der Waals surface area (Å²) >= 11 is 1.50. The van der Waals surface area contributed by atoms with Crippen LogP contribution in [0.25, 0.3) is 16.4 Å². The van der Waals surface area contributed by atoms with E-state index in [-0.39, 0.29) is 23.8 Å². The first-order valence-corrected chi connectivity index (χ1v) is 16.0. The van der Waals surface area contributed by atoms with Crippen LogP contribution in [0.1, 0.15) is 101 Å². The molecule has 1 atom stereocenters. The zero-order valence-electron chi connectivity index (χ0n) is 25.3. The first kappa shape index (κ1) is 30.8. The number of benzene rings is 1. The lowest BCUT2D eigenvalue weighted by molar-refractivity contribution is -0.135. The number of aromatic nitrogens is 3. The number of rotatable bonds is 13. The number of hydrogen-bond acceptors (Lipinski definition) is 6. The second kappa shape index (κ2) is 14.6. The third kappa shape index (κ3) is 7.56. The fourth-order valence-electron chi connectivity index (χ4n) is 5.57. The van der Waals surface area contributed by atoms with Gasteiger partial charge in [0.15, 0.2) is 0 Å². The molecule has 0 N–H and O–H groups in total. The van der Waals surface area contributed by atoms with Crippen molar-refractivity contribution in [2.75, 3.05) is 26.7 Å². The highest BCUT2D eigenvalue weighted by Crippen LogP contribution is 2.30. The molecule has 0 spiro atoms. The number of thiazole rings is 1. The van der Waals surface area contributed by atoms with E-state index in [2.05, 4.69) is 25.9 Å². The molecule has 0 radical (unpaired) electrons. The smallest absolute Gasteiger partial charge is 0.257 e. The molecule has 0 saturated carbocycles. The minimum atomic E-state index is -0.0319. The summed E-state index contributed by atoms with van der Waals surface area (Å²) in [5, 5.41) is 7.34. The van der Waals surface area contributed by atoms with Crippen molar-refractivity contribution in [2.45, 2.75) is 91.0 Å². The van der Waals surface area contributed by atoms with Gasteiger partial charge in [0.2, 0.25) is 11.0 Å². The Morgan fingerprint density at radius 1 is 1.10 bits per heavy atom. The number of hydrogen-bond donors (Lipinski definition) is 0. The van der Waals surface area contributed by atoms with Crippen LogP contribution in [0.4, 0.5) is 0 Å². The van der Waals surface area contributed by atoms with Crippen LogP contribution in [0.5, 0.6) is 5.75 Å². The Kier molecular flexibility index (Phi) is 11.0. The van der Waals surface area contributed by atoms with E-state index in [9.17, 15) is 9.59 Å². The van der Waals surface area contributed by atoms with Crippen molar-refractivity contribution < 1.29 is 14.3 Å². The van der Waals surface area contributed by atoms with Crippen LogP contribution in [-0.4, -0.2) is 69.2 Å². The minimum absolute atomic E-state index is 0.00770. The van der Waals surface area contributed by atoms with Crippen LogP contribution in [-0.2, 0) is 4.79 Å². The number of unbranched alkanes of at least 4 members (excludes halogenated alkanes) is 6. The normalized spacial score (nSPS) is 15.5. The topological polar surface area (TPSA) is 80.6 Å². The highest BCUT2D eigenvalue weighted by molar-refractivity contribution is 7.12. The summed E-state index contributed by atoms with van der Waals surface area (Å²) in [5.41, 5.74) is 3.27. The molecule has 0 bridgehead atoms. The van der Waals surface area contributed by atoms with Gasteiger partial charge < -0.3 is 14.5 Å². The molecule has 4 rings (SSSR count). The molecule has 41 heavy (non-hydrogen) atoms. The Labute approximate surface area is 248 Å². The fraction of sp³-hybridized carbons (Fsp3) is 0.562. The number of ether oxygens (including phenoxy) is 1. The molecule has 3 heterocycles. The van der Waals surface area contributed by atoms with E-state index < -0.39 is 0 Å². The summed E-state index contributed by atoms with van der Waals surface area (Å²) < 4.78 is 7.17. The van der Waals surface area contributed by atoms with Gasteiger partial charge in [0.1, 0.15) is 5.75 Å². The number of amides is 2. The van der Waals surface area contributed by atoms with E-state index in [1.807, 2.05) is 46.4 Å². The average Bonchev–Trinajstić information content (AvgIpc) is 3.64. The molecule has 3 aromatic rings. The lowest BCUT2D eigenvalue weighted by Crippen LogP contribution is -2.55. The Morgan fingerprint density at radius 3 is 2.56 bits per heavy atom. The standard InChI is InChI=1S/C32H45N5O3S/c1-6-7-8-9-10-11-12-16-29(38)36-18-17-35(21-24(36)4)31(39)27-20-33-37(30(27)23(2)3)32-34-28(22-41-32)25-14-13-15-26(19-25)40-5/h13-15,19-20,22-24H,6-12,16-18,21H2,1-5H3. The van der Waals surface area contributed by atoms with E-state index in [4.69, 9.17) is 9.72 Å². The van der Waals surface area contributed by atoms with E-state index in [1.165, 1.54) is 43.4 Å². The Balaban J connectivity index is 1.39. The van der Waals surface area contributed by atoms with Gasteiger partial charge in [-0.2, -0.15) is 5.10 Å². The number of carbonyl (C=O) groups is 2. The van der Waals surface area contributed by atoms with E-state index in [0.29, 0.717) is 31.6 Å². The molecular weight excluding hydrogens is 534 g/mol. The predicted molar refractivity (Wildman–Crippen MR) is 165 cm³/mol. The van der Waals surface area contributed by atoms with Gasteiger partial charge in [-0.15, -0.1) is 11.3 Å². The summed E-state index contributed by atoms with van der Waals surface area (Å²) in [5.74, 6) is 1.03. The Hall–Kier alpha value is -3.20. The molecule has 9 heteroatoms. The van der Waals surface area contributed by atoms with Crippen LogP contribution >= 0.6 is 11.3 Å². The molecule has 8 nitrogen and oxygen atoms in total. The van der Waals surface area contributed by atoms with Crippen LogP contribution < -0.4 is 4.74 Å². The summed E-state index contributed by atoms with van der Waals surface area (Å²) in [7, 11) is 1.65. The largest absolute Gasteiger partial charge is 0.497 e. The third-order valence-corrected chi connectivity index (χ3v) is 8.67. The van der Waals surface area contributed by atoms with Gasteiger partial charge in [-0.1, -0.05) is 71.4 Å². The molecule has 1 aliphatic rings. The van der Waals surface area contributed by atoms with Gasteiger partial charge in [0.05, 0.1) is 30.3 Å². The molecule has 2 aromatic heterocycles. The average molecular weight is 580 g/mol. The molecule has 1 unspecified atom stereocenters. The highest BCUT2D eigenvalue weighted by Gasteiger charge is 2.32. The van der Waals surface area contributed by atoms with Crippen molar-refractivity contribution in [2.24, 2.45) is 0 Å². The fourth-order valence-corrected chi connectivity index (χ4v) is 6.37. The maximum Gasteiger partial charge on any atom is 0.257 e. The first-order chi connectivity index (χ1) is 19.8. The maximum absolute atomic E-state index is 13.7. The second-order valence-electron chi connectivity index (χ2n) is 11.3. The molecule has 1 aromatic carbocycles. The van der Waals surface area contributed by atoms with E-state index >= 15 is 0 Å². The van der Waals surface area contributed by atoms with Gasteiger partial charge >= 0.3 is 0 Å². The summed E-state index contributed by atoms with van der Waals surface area (Å²) in [6.45, 7) is 10.1. The number of piperazine rings is 1. The molecule has 1 fully saturated rings. The molecule has 1 aliphatic heterocycles. The van der Waals surface area contributed by atoms with Gasteiger partial charge in [-0.3, -0.25) is 9.59 Å². The maximum atomic E-state index is 13.7. The van der Waals surface area contributed by atoms with Crippen LogP contribution in [0.2, 0.25) is 0 Å². The van der Waals surface area contributed by atoms with Gasteiger partial charge in [0, 0.05) is 43.0 Å². The van der Waals surface area contributed by atoms with Crippen molar-refractivity contribution in [1.29, 1.82) is 0 Å². The Morgan fingerprint density at radius 2 is 1.85 bits per heavy atom. The SMILES string of the molecule is CCCCCCCCCC(=O)N1CCN(C(=O)c2cnn(-c3nc(-c4cccc(OC)c4)cs3)c2C(C)C)CC1C. The molecule has 1 saturated heterocycles. The summed E-state index contributed by atoms with van der Waals surface area (Å²) in [6.07, 6.45) is 10.7. The van der Waals surface area contributed by atoms with Crippen molar-refractivity contribution in [3.05, 3.63) is 47.1 Å². The zero-order chi connectivity index (χ0) is 29.4. The van der Waals surface area contributed by atoms with Gasteiger partial charge in [-0.25, -0.2) is 9.67 Å². The monoisotopic (exact) mass is 579 g/mol. The number of carbonyl (C=O) groups excluding carboxylic acids is 2. The lowest BCUT2D eigenvalue weighted by Gasteiger charge is -2.40.